The fourth-order valence-electron chi connectivity index (χ4n) is 0.760. The third kappa shape index (κ3) is 2.20. The summed E-state index contributed by atoms with van der Waals surface area (Å²) >= 11 is 2.60. The molecule has 0 aliphatic carbocycles. The van der Waals surface area contributed by atoms with E-state index in [1.807, 2.05) is 0 Å². The van der Waals surface area contributed by atoms with Gasteiger partial charge in [-0.15, -0.1) is 0 Å². The Balaban J connectivity index is 3.25. The number of hydrogen-bond acceptors (Lipinski definition) is 3. The molecule has 0 amide bonds. The van der Waals surface area contributed by atoms with Gasteiger partial charge in [0.1, 0.15) is 0 Å². The summed E-state index contributed by atoms with van der Waals surface area (Å²) in [6.07, 6.45) is 0. The summed E-state index contributed by atoms with van der Waals surface area (Å²) in [4.78, 5) is 0. The Morgan fingerprint density at radius 2 is 1.79 bits per heavy atom. The molecule has 1 aromatic carbocycles. The minimum atomic E-state index is -2.42. The molecular weight excluding hydrogens is 268 g/mol. The van der Waals surface area contributed by atoms with Crippen LogP contribution < -0.4 is 4.65 Å². The number of rotatable bonds is 2. The highest BCUT2D eigenvalue weighted by atomic mass is 79.9. The molecule has 1 rings (SSSR count). The van der Waals surface area contributed by atoms with Gasteiger partial charge in [-0.1, -0.05) is 0 Å². The molecule has 0 bridgehead atoms. The Morgan fingerprint density at radius 1 is 1.21 bits per heavy atom. The summed E-state index contributed by atoms with van der Waals surface area (Å²) in [7, 11) is -2.42. The van der Waals surface area contributed by atoms with Crippen molar-refractivity contribution >= 4 is 23.3 Å². The van der Waals surface area contributed by atoms with Gasteiger partial charge in [-0.2, -0.15) is 4.39 Å². The molecule has 2 N–H and O–H groups in total. The van der Waals surface area contributed by atoms with E-state index in [0.717, 1.165) is 0 Å². The number of benzene rings is 1. The molecule has 0 spiro atoms. The van der Waals surface area contributed by atoms with Gasteiger partial charge in [-0.25, -0.2) is 8.78 Å². The smallest absolute Gasteiger partial charge is 0.507 e. The molecular formula is C6H3BBrF3O3. The van der Waals surface area contributed by atoms with Crippen molar-refractivity contribution < 1.29 is 27.9 Å². The SMILES string of the molecule is OB(O)Oc1c(F)c(F)cc(Br)c1F. The quantitative estimate of drug-likeness (QED) is 0.628. The van der Waals surface area contributed by atoms with Crippen LogP contribution in [0.25, 0.3) is 0 Å². The molecule has 1 aromatic rings. The second kappa shape index (κ2) is 4.20. The summed E-state index contributed by atoms with van der Waals surface area (Å²) < 4.78 is 42.0. The van der Waals surface area contributed by atoms with Crippen molar-refractivity contribution in [3.05, 3.63) is 28.0 Å². The molecule has 14 heavy (non-hydrogen) atoms. The molecule has 0 radical (unpaired) electrons. The summed E-state index contributed by atoms with van der Waals surface area (Å²) in [5, 5.41) is 16.6. The predicted molar refractivity (Wildman–Crippen MR) is 44.8 cm³/mol. The molecule has 0 aliphatic rings. The average molecular weight is 271 g/mol. The lowest BCUT2D eigenvalue weighted by Crippen LogP contribution is -2.22. The topological polar surface area (TPSA) is 49.7 Å². The summed E-state index contributed by atoms with van der Waals surface area (Å²) in [5.41, 5.74) is 0. The largest absolute Gasteiger partial charge is 0.707 e. The van der Waals surface area contributed by atoms with Crippen molar-refractivity contribution in [3.63, 3.8) is 0 Å². The molecule has 8 heteroatoms. The number of hydrogen-bond donors (Lipinski definition) is 2. The third-order valence-corrected chi connectivity index (χ3v) is 1.87. The van der Waals surface area contributed by atoms with Gasteiger partial charge < -0.3 is 14.7 Å². The zero-order valence-electron chi connectivity index (χ0n) is 6.47. The van der Waals surface area contributed by atoms with Gasteiger partial charge in [-0.3, -0.25) is 0 Å². The molecule has 0 aromatic heterocycles. The van der Waals surface area contributed by atoms with E-state index in [1.165, 1.54) is 0 Å². The van der Waals surface area contributed by atoms with Crippen LogP contribution in [0.4, 0.5) is 13.2 Å². The van der Waals surface area contributed by atoms with Crippen molar-refractivity contribution in [1.29, 1.82) is 0 Å². The normalized spacial score (nSPS) is 10.1. The Morgan fingerprint density at radius 3 is 2.29 bits per heavy atom. The van der Waals surface area contributed by atoms with Crippen molar-refractivity contribution in [2.45, 2.75) is 0 Å². The van der Waals surface area contributed by atoms with Gasteiger partial charge in [0.05, 0.1) is 4.47 Å². The average Bonchev–Trinajstić information content (AvgIpc) is 2.09. The van der Waals surface area contributed by atoms with Gasteiger partial charge in [-0.05, 0) is 22.0 Å². The van der Waals surface area contributed by atoms with Gasteiger partial charge in [0, 0.05) is 0 Å². The monoisotopic (exact) mass is 270 g/mol. The van der Waals surface area contributed by atoms with Gasteiger partial charge >= 0.3 is 7.32 Å². The van der Waals surface area contributed by atoms with Crippen LogP contribution >= 0.6 is 15.9 Å². The second-order valence-corrected chi connectivity index (χ2v) is 3.10. The molecule has 0 atom stereocenters. The summed E-state index contributed by atoms with van der Waals surface area (Å²) in [5.74, 6) is -5.43. The van der Waals surface area contributed by atoms with Gasteiger partial charge in [0.25, 0.3) is 0 Å². The minimum absolute atomic E-state index is 0.382. The fourth-order valence-corrected chi connectivity index (χ4v) is 1.14. The molecule has 0 aliphatic heterocycles. The first-order valence-corrected chi connectivity index (χ1v) is 4.08. The van der Waals surface area contributed by atoms with Crippen LogP contribution in [0.2, 0.25) is 0 Å². The van der Waals surface area contributed by atoms with E-state index in [9.17, 15) is 13.2 Å². The Labute approximate surface area is 85.4 Å². The first kappa shape index (κ1) is 11.4. The van der Waals surface area contributed by atoms with Crippen LogP contribution in [-0.2, 0) is 0 Å². The predicted octanol–water partition coefficient (Wildman–Crippen LogP) is 1.21. The van der Waals surface area contributed by atoms with E-state index in [4.69, 9.17) is 10.0 Å². The van der Waals surface area contributed by atoms with E-state index in [2.05, 4.69) is 20.6 Å². The second-order valence-electron chi connectivity index (χ2n) is 2.24. The van der Waals surface area contributed by atoms with Crippen molar-refractivity contribution in [3.8, 4) is 5.75 Å². The minimum Gasteiger partial charge on any atom is -0.507 e. The zero-order chi connectivity index (χ0) is 10.9. The first-order valence-electron chi connectivity index (χ1n) is 3.29. The van der Waals surface area contributed by atoms with E-state index in [1.54, 1.807) is 0 Å². The van der Waals surface area contributed by atoms with Crippen molar-refractivity contribution in [2.24, 2.45) is 0 Å². The highest BCUT2D eigenvalue weighted by Gasteiger charge is 2.23. The molecule has 0 unspecified atom stereocenters. The van der Waals surface area contributed by atoms with Crippen molar-refractivity contribution in [2.75, 3.05) is 0 Å². The lowest BCUT2D eigenvalue weighted by Gasteiger charge is -2.08. The zero-order valence-corrected chi connectivity index (χ0v) is 8.06. The van der Waals surface area contributed by atoms with E-state index < -0.39 is 30.5 Å². The highest BCUT2D eigenvalue weighted by molar-refractivity contribution is 9.10. The van der Waals surface area contributed by atoms with E-state index >= 15 is 0 Å². The fraction of sp³-hybridized carbons (Fsp3) is 0. The van der Waals surface area contributed by atoms with Crippen LogP contribution in [-0.4, -0.2) is 17.4 Å². The number of halogens is 4. The molecule has 0 saturated carbocycles. The van der Waals surface area contributed by atoms with Gasteiger partial charge in [0.15, 0.2) is 17.4 Å². The third-order valence-electron chi connectivity index (χ3n) is 1.29. The maximum atomic E-state index is 13.0. The highest BCUT2D eigenvalue weighted by Crippen LogP contribution is 2.30. The summed E-state index contributed by atoms with van der Waals surface area (Å²) in [6, 6.07) is 0.557. The van der Waals surface area contributed by atoms with Crippen molar-refractivity contribution in [1.82, 2.24) is 0 Å². The Bertz CT molecular complexity index is 334. The Kier molecular flexibility index (Phi) is 3.41. The molecule has 0 saturated heterocycles. The molecule has 0 fully saturated rings. The van der Waals surface area contributed by atoms with E-state index in [0.29, 0.717) is 6.07 Å². The first-order chi connectivity index (χ1) is 6.43. The molecule has 0 heterocycles. The van der Waals surface area contributed by atoms with Crippen LogP contribution in [0.5, 0.6) is 5.75 Å². The lowest BCUT2D eigenvalue weighted by atomic mass is 10.2. The van der Waals surface area contributed by atoms with E-state index in [-0.39, 0.29) is 4.47 Å². The standard InChI is InChI=1S/C6H3BBrF3O3/c8-2-1-3(9)5(11)6(4(2)10)14-7(12)13/h1,12-13H. The Hall–Kier alpha value is -0.725. The van der Waals surface area contributed by atoms with Crippen LogP contribution in [0.3, 0.4) is 0 Å². The molecule has 3 nitrogen and oxygen atoms in total. The molecule has 76 valence electrons. The van der Waals surface area contributed by atoms with Crippen LogP contribution in [0.15, 0.2) is 10.5 Å². The maximum Gasteiger partial charge on any atom is 0.707 e. The maximum absolute atomic E-state index is 13.0. The van der Waals surface area contributed by atoms with Crippen LogP contribution in [0.1, 0.15) is 0 Å². The van der Waals surface area contributed by atoms with Gasteiger partial charge in [0.2, 0.25) is 5.82 Å². The summed E-state index contributed by atoms with van der Waals surface area (Å²) in [6.45, 7) is 0. The lowest BCUT2D eigenvalue weighted by molar-refractivity contribution is 0.271. The van der Waals surface area contributed by atoms with Crippen LogP contribution in [0, 0.1) is 17.5 Å².